The molecule has 1 aromatic heterocycles. The van der Waals surface area contributed by atoms with Crippen molar-refractivity contribution in [3.8, 4) is 5.75 Å². The number of rotatable bonds is 6. The predicted molar refractivity (Wildman–Crippen MR) is 100 cm³/mol. The first-order valence-corrected chi connectivity index (χ1v) is 8.65. The van der Waals surface area contributed by atoms with Gasteiger partial charge in [0.15, 0.2) is 6.61 Å². The number of benzene rings is 2. The summed E-state index contributed by atoms with van der Waals surface area (Å²) < 4.78 is 24.5. The highest BCUT2D eigenvalue weighted by molar-refractivity contribution is 5.82. The van der Waals surface area contributed by atoms with Gasteiger partial charge in [-0.3, -0.25) is 4.79 Å². The Morgan fingerprint density at radius 3 is 2.67 bits per heavy atom. The van der Waals surface area contributed by atoms with Crippen LogP contribution in [0.1, 0.15) is 18.1 Å². The molecule has 0 saturated carbocycles. The number of aryl methyl sites for hydroxylation is 1. The summed E-state index contributed by atoms with van der Waals surface area (Å²) in [7, 11) is 1.59. The van der Waals surface area contributed by atoms with Gasteiger partial charge in [-0.25, -0.2) is 9.18 Å². The van der Waals surface area contributed by atoms with Gasteiger partial charge in [-0.05, 0) is 30.2 Å². The third-order valence-corrected chi connectivity index (χ3v) is 4.34. The molecule has 0 bridgehead atoms. The number of fused-ring (bicyclic) bond motifs is 1. The fourth-order valence-corrected chi connectivity index (χ4v) is 2.82. The minimum absolute atomic E-state index is 0.154. The van der Waals surface area contributed by atoms with Crippen LogP contribution in [0.2, 0.25) is 0 Å². The summed E-state index contributed by atoms with van der Waals surface area (Å²) in [6, 6.07) is 12.9. The molecule has 0 atom stereocenters. The van der Waals surface area contributed by atoms with Crippen molar-refractivity contribution in [1.29, 1.82) is 0 Å². The second-order valence-corrected chi connectivity index (χ2v) is 6.23. The maximum atomic E-state index is 13.7. The minimum Gasteiger partial charge on any atom is -0.484 e. The van der Waals surface area contributed by atoms with E-state index in [4.69, 9.17) is 9.15 Å². The number of hydrogen-bond donors (Lipinski definition) is 0. The highest BCUT2D eigenvalue weighted by Crippen LogP contribution is 2.23. The lowest BCUT2D eigenvalue weighted by Crippen LogP contribution is -2.31. The second kappa shape index (κ2) is 8.03. The fourth-order valence-electron chi connectivity index (χ4n) is 2.82. The number of likely N-dealkylation sites (N-methyl/N-ethyl adjacent to an activating group) is 1. The van der Waals surface area contributed by atoms with E-state index in [2.05, 4.69) is 0 Å². The number of nitrogens with zero attached hydrogens (tertiary/aromatic N) is 1. The topological polar surface area (TPSA) is 59.8 Å². The molecular weight excluding hydrogens is 349 g/mol. The van der Waals surface area contributed by atoms with Crippen LogP contribution in [0, 0.1) is 5.82 Å². The van der Waals surface area contributed by atoms with Crippen molar-refractivity contribution in [1.82, 2.24) is 4.90 Å². The molecule has 27 heavy (non-hydrogen) atoms. The first-order chi connectivity index (χ1) is 13.0. The molecule has 3 rings (SSSR count). The molecule has 5 nitrogen and oxygen atoms in total. The Hall–Kier alpha value is -3.15. The zero-order chi connectivity index (χ0) is 19.4. The molecule has 0 N–H and O–H groups in total. The maximum Gasteiger partial charge on any atom is 0.336 e. The van der Waals surface area contributed by atoms with Crippen molar-refractivity contribution >= 4 is 16.9 Å². The van der Waals surface area contributed by atoms with E-state index in [1.54, 1.807) is 43.4 Å². The highest BCUT2D eigenvalue weighted by Gasteiger charge is 2.13. The van der Waals surface area contributed by atoms with Crippen molar-refractivity contribution in [3.63, 3.8) is 0 Å². The first kappa shape index (κ1) is 18.6. The molecule has 2 aromatic carbocycles. The SMILES string of the molecule is CCc1cc(=O)oc2cc(OCC(=O)N(C)Cc3ccccc3F)ccc12. The van der Waals surface area contributed by atoms with Gasteiger partial charge >= 0.3 is 5.63 Å². The van der Waals surface area contributed by atoms with E-state index in [-0.39, 0.29) is 24.9 Å². The van der Waals surface area contributed by atoms with E-state index in [0.29, 0.717) is 23.3 Å². The second-order valence-electron chi connectivity index (χ2n) is 6.23. The largest absolute Gasteiger partial charge is 0.484 e. The molecule has 0 aliphatic carbocycles. The number of hydrogen-bond acceptors (Lipinski definition) is 4. The molecule has 1 amide bonds. The van der Waals surface area contributed by atoms with Crippen molar-refractivity contribution in [2.75, 3.05) is 13.7 Å². The van der Waals surface area contributed by atoms with E-state index in [1.807, 2.05) is 6.92 Å². The molecule has 0 fully saturated rings. The van der Waals surface area contributed by atoms with Crippen molar-refractivity contribution in [2.24, 2.45) is 0 Å². The smallest absolute Gasteiger partial charge is 0.336 e. The predicted octanol–water partition coefficient (Wildman–Crippen LogP) is 3.53. The molecule has 0 saturated heterocycles. The van der Waals surface area contributed by atoms with Crippen LogP contribution in [0.3, 0.4) is 0 Å². The monoisotopic (exact) mass is 369 g/mol. The van der Waals surface area contributed by atoms with Gasteiger partial charge in [-0.1, -0.05) is 25.1 Å². The van der Waals surface area contributed by atoms with Crippen LogP contribution in [-0.4, -0.2) is 24.5 Å². The van der Waals surface area contributed by atoms with Crippen LogP contribution in [0.15, 0.2) is 57.7 Å². The van der Waals surface area contributed by atoms with E-state index in [9.17, 15) is 14.0 Å². The van der Waals surface area contributed by atoms with Crippen LogP contribution in [0.25, 0.3) is 11.0 Å². The lowest BCUT2D eigenvalue weighted by Gasteiger charge is -2.18. The molecule has 3 aromatic rings. The molecular formula is C21H20FNO4. The van der Waals surface area contributed by atoms with Gasteiger partial charge in [0.2, 0.25) is 0 Å². The van der Waals surface area contributed by atoms with Crippen LogP contribution < -0.4 is 10.4 Å². The van der Waals surface area contributed by atoms with Crippen molar-refractivity contribution in [3.05, 3.63) is 75.9 Å². The lowest BCUT2D eigenvalue weighted by molar-refractivity contribution is -0.132. The number of halogens is 1. The Kier molecular flexibility index (Phi) is 5.54. The maximum absolute atomic E-state index is 13.7. The molecule has 140 valence electrons. The zero-order valence-corrected chi connectivity index (χ0v) is 15.2. The lowest BCUT2D eigenvalue weighted by atomic mass is 10.1. The van der Waals surface area contributed by atoms with Gasteiger partial charge in [0.05, 0.1) is 0 Å². The van der Waals surface area contributed by atoms with Gasteiger partial charge in [0, 0.05) is 36.7 Å². The molecule has 6 heteroatoms. The van der Waals surface area contributed by atoms with Gasteiger partial charge in [0.1, 0.15) is 17.1 Å². The summed E-state index contributed by atoms with van der Waals surface area (Å²) in [6.45, 7) is 1.91. The summed E-state index contributed by atoms with van der Waals surface area (Å²) in [6.07, 6.45) is 0.710. The van der Waals surface area contributed by atoms with E-state index >= 15 is 0 Å². The Morgan fingerprint density at radius 2 is 1.93 bits per heavy atom. The quantitative estimate of drug-likeness (QED) is 0.624. The first-order valence-electron chi connectivity index (χ1n) is 8.65. The number of carbonyl (C=O) groups is 1. The summed E-state index contributed by atoms with van der Waals surface area (Å²) in [5.41, 5.74) is 1.34. The third-order valence-electron chi connectivity index (χ3n) is 4.34. The Morgan fingerprint density at radius 1 is 1.15 bits per heavy atom. The van der Waals surface area contributed by atoms with Crippen LogP contribution in [0.5, 0.6) is 5.75 Å². The average Bonchev–Trinajstić information content (AvgIpc) is 2.66. The van der Waals surface area contributed by atoms with Crippen LogP contribution >= 0.6 is 0 Å². The zero-order valence-electron chi connectivity index (χ0n) is 15.2. The Balaban J connectivity index is 1.68. The summed E-state index contributed by atoms with van der Waals surface area (Å²) in [5.74, 6) is -0.219. The van der Waals surface area contributed by atoms with Gasteiger partial charge in [-0.2, -0.15) is 0 Å². The minimum atomic E-state index is -0.419. The van der Waals surface area contributed by atoms with Gasteiger partial charge < -0.3 is 14.1 Å². The standard InChI is InChI=1S/C21H20FNO4/c1-3-14-10-21(25)27-19-11-16(8-9-17(14)19)26-13-20(24)23(2)12-15-6-4-5-7-18(15)22/h4-11H,3,12-13H2,1-2H3. The molecule has 0 spiro atoms. The Labute approximate surface area is 156 Å². The summed E-state index contributed by atoms with van der Waals surface area (Å²) in [4.78, 5) is 25.3. The van der Waals surface area contributed by atoms with E-state index in [0.717, 1.165) is 10.9 Å². The van der Waals surface area contributed by atoms with Gasteiger partial charge in [-0.15, -0.1) is 0 Å². The van der Waals surface area contributed by atoms with Crippen LogP contribution in [-0.2, 0) is 17.8 Å². The van der Waals surface area contributed by atoms with Crippen LogP contribution in [0.4, 0.5) is 4.39 Å². The molecule has 0 aliphatic rings. The van der Waals surface area contributed by atoms with E-state index in [1.165, 1.54) is 17.0 Å². The fraction of sp³-hybridized carbons (Fsp3) is 0.238. The molecule has 1 heterocycles. The number of carbonyl (C=O) groups excluding carboxylic acids is 1. The molecule has 0 radical (unpaired) electrons. The van der Waals surface area contributed by atoms with Crippen molar-refractivity contribution < 1.29 is 18.3 Å². The van der Waals surface area contributed by atoms with E-state index < -0.39 is 5.63 Å². The molecule has 0 aliphatic heterocycles. The third kappa shape index (κ3) is 4.34. The average molecular weight is 369 g/mol. The number of amides is 1. The highest BCUT2D eigenvalue weighted by atomic mass is 19.1. The summed E-state index contributed by atoms with van der Waals surface area (Å²) in [5, 5.41) is 0.840. The molecule has 0 unspecified atom stereocenters. The van der Waals surface area contributed by atoms with Crippen molar-refractivity contribution in [2.45, 2.75) is 19.9 Å². The van der Waals surface area contributed by atoms with Gasteiger partial charge in [0.25, 0.3) is 5.91 Å². The number of ether oxygens (including phenoxy) is 1. The normalized spacial score (nSPS) is 10.8. The Bertz CT molecular complexity index is 1030. The summed E-state index contributed by atoms with van der Waals surface area (Å²) >= 11 is 0.